The minimum absolute atomic E-state index is 0.654. The lowest BCUT2D eigenvalue weighted by atomic mass is 10.1. The lowest BCUT2D eigenvalue weighted by Crippen LogP contribution is -2.48. The van der Waals surface area contributed by atoms with Crippen molar-refractivity contribution < 1.29 is 27.3 Å². The first-order valence-electron chi connectivity index (χ1n) is 3.99. The van der Waals surface area contributed by atoms with Gasteiger partial charge < -0.3 is 5.11 Å². The number of likely N-dealkylation sites (N-methyl/N-ethyl adjacent to an activating group) is 1. The third-order valence-corrected chi connectivity index (χ3v) is 2.12. The molecule has 0 aliphatic rings. The molecule has 0 aliphatic heterocycles. The maximum absolute atomic E-state index is 11.4. The molecule has 0 saturated heterocycles. The predicted octanol–water partition coefficient (Wildman–Crippen LogP) is -1.27. The molecular weight excluding hydrogens is 226 g/mol. The zero-order valence-electron chi connectivity index (χ0n) is 9.05. The summed E-state index contributed by atoms with van der Waals surface area (Å²) in [7, 11) is -1.16. The quantitative estimate of drug-likeness (QED) is 0.476. The summed E-state index contributed by atoms with van der Waals surface area (Å²) in [5.41, 5.74) is -1.95. The van der Waals surface area contributed by atoms with E-state index in [1.807, 2.05) is 0 Å². The second-order valence-corrected chi connectivity index (χ2v) is 4.87. The van der Waals surface area contributed by atoms with Crippen LogP contribution in [0.15, 0.2) is 0 Å². The highest BCUT2D eigenvalue weighted by atomic mass is 32.2. The Morgan fingerprint density at radius 3 is 2.33 bits per heavy atom. The third kappa shape index (κ3) is 5.07. The fourth-order valence-corrected chi connectivity index (χ4v) is 1.15. The van der Waals surface area contributed by atoms with Gasteiger partial charge in [0.05, 0.1) is 13.4 Å². The van der Waals surface area contributed by atoms with Gasteiger partial charge in [0.2, 0.25) is 0 Å². The summed E-state index contributed by atoms with van der Waals surface area (Å²) >= 11 is 0. The van der Waals surface area contributed by atoms with Crippen molar-refractivity contribution in [1.82, 2.24) is 5.06 Å². The van der Waals surface area contributed by atoms with E-state index >= 15 is 0 Å². The third-order valence-electron chi connectivity index (χ3n) is 1.57. The number of hydroxylamine groups is 2. The minimum Gasteiger partial charge on any atom is -0.378 e. The van der Waals surface area contributed by atoms with E-state index in [4.69, 9.17) is 0 Å². The van der Waals surface area contributed by atoms with Crippen molar-refractivity contribution in [2.75, 3.05) is 27.0 Å². The van der Waals surface area contributed by atoms with Crippen LogP contribution in [0.5, 0.6) is 0 Å². The van der Waals surface area contributed by atoms with E-state index in [-0.39, 0.29) is 0 Å². The van der Waals surface area contributed by atoms with Crippen molar-refractivity contribution >= 4 is 16.0 Å². The summed E-state index contributed by atoms with van der Waals surface area (Å²) < 4.78 is 25.6. The molecule has 0 saturated carbocycles. The van der Waals surface area contributed by atoms with Crippen LogP contribution in [0.2, 0.25) is 0 Å². The Bertz CT molecular complexity index is 322. The Balaban J connectivity index is 4.49. The first-order chi connectivity index (χ1) is 6.60. The van der Waals surface area contributed by atoms with Gasteiger partial charge in [-0.05, 0) is 6.92 Å². The topological polar surface area (TPSA) is 93.1 Å². The zero-order valence-corrected chi connectivity index (χ0v) is 9.87. The molecule has 90 valence electrons. The SMILES string of the molecule is CON(C)C(=O)[C@@](C)(O)COS(C)(=O)=O. The second kappa shape index (κ2) is 4.88. The molecule has 7 nitrogen and oxygen atoms in total. The summed E-state index contributed by atoms with van der Waals surface area (Å²) in [5.74, 6) is -0.798. The fourth-order valence-electron chi connectivity index (χ4n) is 0.706. The molecular formula is C7H15NO6S. The van der Waals surface area contributed by atoms with Crippen LogP contribution in [-0.2, 0) is 23.9 Å². The van der Waals surface area contributed by atoms with Gasteiger partial charge >= 0.3 is 0 Å². The van der Waals surface area contributed by atoms with Gasteiger partial charge in [-0.15, -0.1) is 0 Å². The van der Waals surface area contributed by atoms with Crippen LogP contribution in [0.1, 0.15) is 6.92 Å². The molecule has 0 aromatic rings. The van der Waals surface area contributed by atoms with Crippen LogP contribution in [0, 0.1) is 0 Å². The van der Waals surface area contributed by atoms with Crippen molar-refractivity contribution in [2.45, 2.75) is 12.5 Å². The fraction of sp³-hybridized carbons (Fsp3) is 0.857. The van der Waals surface area contributed by atoms with Gasteiger partial charge in [-0.2, -0.15) is 8.42 Å². The normalized spacial score (nSPS) is 15.8. The highest BCUT2D eigenvalue weighted by molar-refractivity contribution is 7.85. The maximum Gasteiger partial charge on any atom is 0.279 e. The van der Waals surface area contributed by atoms with E-state index in [1.54, 1.807) is 0 Å². The van der Waals surface area contributed by atoms with E-state index in [2.05, 4.69) is 9.02 Å². The molecule has 1 N–H and O–H groups in total. The Hall–Kier alpha value is -0.700. The molecule has 1 amide bonds. The van der Waals surface area contributed by atoms with Crippen LogP contribution >= 0.6 is 0 Å². The smallest absolute Gasteiger partial charge is 0.279 e. The first-order valence-corrected chi connectivity index (χ1v) is 5.81. The minimum atomic E-state index is -3.69. The van der Waals surface area contributed by atoms with Crippen molar-refractivity contribution in [1.29, 1.82) is 0 Å². The van der Waals surface area contributed by atoms with E-state index in [9.17, 15) is 18.3 Å². The summed E-state index contributed by atoms with van der Waals surface area (Å²) in [4.78, 5) is 15.9. The van der Waals surface area contributed by atoms with Gasteiger partial charge in [0, 0.05) is 7.05 Å². The molecule has 1 atom stereocenters. The number of carbonyl (C=O) groups is 1. The van der Waals surface area contributed by atoms with Gasteiger partial charge in [0.15, 0.2) is 5.60 Å². The van der Waals surface area contributed by atoms with Gasteiger partial charge in [0.1, 0.15) is 6.61 Å². The van der Waals surface area contributed by atoms with Gasteiger partial charge in [0.25, 0.3) is 16.0 Å². The van der Waals surface area contributed by atoms with Gasteiger partial charge in [-0.3, -0.25) is 13.8 Å². The standard InChI is InChI=1S/C7H15NO6S/c1-7(10,5-14-15(4,11)12)6(9)8(2)13-3/h10H,5H2,1-4H3/t7-/m0/s1. The number of amides is 1. The first kappa shape index (κ1) is 14.3. The molecule has 0 spiro atoms. The molecule has 0 rings (SSSR count). The number of nitrogens with zero attached hydrogens (tertiary/aromatic N) is 1. The van der Waals surface area contributed by atoms with E-state index < -0.39 is 28.2 Å². The number of aliphatic hydroxyl groups is 1. The number of rotatable bonds is 5. The molecule has 0 unspecified atom stereocenters. The number of carbonyl (C=O) groups excluding carboxylic acids is 1. The largest absolute Gasteiger partial charge is 0.378 e. The Morgan fingerprint density at radius 1 is 1.53 bits per heavy atom. The molecule has 8 heteroatoms. The molecule has 15 heavy (non-hydrogen) atoms. The molecule has 0 bridgehead atoms. The Morgan fingerprint density at radius 2 is 2.00 bits per heavy atom. The second-order valence-electron chi connectivity index (χ2n) is 3.23. The van der Waals surface area contributed by atoms with E-state index in [0.717, 1.165) is 18.2 Å². The van der Waals surface area contributed by atoms with Crippen LogP contribution in [-0.4, -0.2) is 57.1 Å². The molecule has 0 fully saturated rings. The van der Waals surface area contributed by atoms with Crippen molar-refractivity contribution in [2.24, 2.45) is 0 Å². The maximum atomic E-state index is 11.4. The summed E-state index contributed by atoms with van der Waals surface area (Å²) in [5, 5.41) is 10.4. The van der Waals surface area contributed by atoms with Crippen LogP contribution < -0.4 is 0 Å². The van der Waals surface area contributed by atoms with Crippen molar-refractivity contribution in [3.63, 3.8) is 0 Å². The average molecular weight is 241 g/mol. The van der Waals surface area contributed by atoms with E-state index in [1.165, 1.54) is 14.2 Å². The predicted molar refractivity (Wildman–Crippen MR) is 51.2 cm³/mol. The monoisotopic (exact) mass is 241 g/mol. The number of hydrogen-bond acceptors (Lipinski definition) is 6. The lowest BCUT2D eigenvalue weighted by Gasteiger charge is -2.25. The Labute approximate surface area is 88.7 Å². The highest BCUT2D eigenvalue weighted by Gasteiger charge is 2.35. The zero-order chi connectivity index (χ0) is 12.3. The Kier molecular flexibility index (Phi) is 4.65. The van der Waals surface area contributed by atoms with Crippen LogP contribution in [0.25, 0.3) is 0 Å². The molecule has 0 aromatic carbocycles. The molecule has 0 radical (unpaired) electrons. The lowest BCUT2D eigenvalue weighted by molar-refractivity contribution is -0.189. The van der Waals surface area contributed by atoms with Gasteiger partial charge in [-0.1, -0.05) is 0 Å². The summed E-state index contributed by atoms with van der Waals surface area (Å²) in [6, 6.07) is 0. The molecule has 0 aromatic heterocycles. The van der Waals surface area contributed by atoms with Crippen molar-refractivity contribution in [3.8, 4) is 0 Å². The van der Waals surface area contributed by atoms with Crippen LogP contribution in [0.3, 0.4) is 0 Å². The summed E-state index contributed by atoms with van der Waals surface area (Å²) in [6.07, 6.45) is 0.827. The highest BCUT2D eigenvalue weighted by Crippen LogP contribution is 2.09. The molecule has 0 aliphatic carbocycles. The van der Waals surface area contributed by atoms with E-state index in [0.29, 0.717) is 0 Å². The van der Waals surface area contributed by atoms with Crippen LogP contribution in [0.4, 0.5) is 0 Å². The average Bonchev–Trinajstić information content (AvgIpc) is 2.11. The summed E-state index contributed by atoms with van der Waals surface area (Å²) in [6.45, 7) is 0.481. The number of hydrogen-bond donors (Lipinski definition) is 1. The van der Waals surface area contributed by atoms with Crippen molar-refractivity contribution in [3.05, 3.63) is 0 Å². The molecule has 0 heterocycles. The van der Waals surface area contributed by atoms with Gasteiger partial charge in [-0.25, -0.2) is 5.06 Å².